The molecule has 0 spiro atoms. The molecule has 1 heterocycles. The molecule has 19 heavy (non-hydrogen) atoms. The van der Waals surface area contributed by atoms with E-state index in [0.29, 0.717) is 12.6 Å². The first-order valence-corrected chi connectivity index (χ1v) is 7.41. The summed E-state index contributed by atoms with van der Waals surface area (Å²) in [7, 11) is 1.97. The molecule has 4 nitrogen and oxygen atoms in total. The van der Waals surface area contributed by atoms with E-state index < -0.39 is 0 Å². The van der Waals surface area contributed by atoms with Crippen LogP contribution in [-0.2, 0) is 7.05 Å². The number of rotatable bonds is 5. The molecule has 0 aromatic carbocycles. The molecule has 1 aromatic heterocycles. The molecule has 1 atom stereocenters. The van der Waals surface area contributed by atoms with Gasteiger partial charge in [-0.2, -0.15) is 5.10 Å². The molecule has 1 fully saturated rings. The van der Waals surface area contributed by atoms with Gasteiger partial charge >= 0.3 is 0 Å². The molecule has 1 aliphatic carbocycles. The number of aliphatic hydroxyl groups is 1. The van der Waals surface area contributed by atoms with E-state index in [-0.39, 0.29) is 5.41 Å². The summed E-state index contributed by atoms with van der Waals surface area (Å²) in [5.74, 6) is 0. The topological polar surface area (TPSA) is 50.1 Å². The molecule has 2 N–H and O–H groups in total. The zero-order valence-electron chi connectivity index (χ0n) is 12.4. The highest BCUT2D eigenvalue weighted by molar-refractivity contribution is 5.19. The molecule has 0 bridgehead atoms. The van der Waals surface area contributed by atoms with E-state index in [9.17, 15) is 5.11 Å². The SMILES string of the molecule is Cc1c(C(C)NCC2(CO)CCCCC2)cnn1C. The molecule has 1 saturated carbocycles. The summed E-state index contributed by atoms with van der Waals surface area (Å²) in [6, 6.07) is 0.291. The highest BCUT2D eigenvalue weighted by Crippen LogP contribution is 2.35. The Balaban J connectivity index is 1.95. The minimum atomic E-state index is 0.0998. The number of aryl methyl sites for hydroxylation is 1. The normalized spacial score (nSPS) is 20.4. The van der Waals surface area contributed by atoms with Gasteiger partial charge in [-0.1, -0.05) is 19.3 Å². The minimum absolute atomic E-state index is 0.0998. The lowest BCUT2D eigenvalue weighted by Crippen LogP contribution is -2.40. The van der Waals surface area contributed by atoms with Crippen LogP contribution < -0.4 is 5.32 Å². The van der Waals surface area contributed by atoms with Crippen LogP contribution in [0.4, 0.5) is 0 Å². The maximum Gasteiger partial charge on any atom is 0.0540 e. The second-order valence-corrected chi connectivity index (χ2v) is 6.13. The third-order valence-corrected chi connectivity index (χ3v) is 4.77. The quantitative estimate of drug-likeness (QED) is 0.859. The summed E-state index contributed by atoms with van der Waals surface area (Å²) in [5, 5.41) is 17.6. The lowest BCUT2D eigenvalue weighted by Gasteiger charge is -2.36. The summed E-state index contributed by atoms with van der Waals surface area (Å²) in [5.41, 5.74) is 2.57. The molecule has 108 valence electrons. The van der Waals surface area contributed by atoms with E-state index in [1.807, 2.05) is 17.9 Å². The van der Waals surface area contributed by atoms with Gasteiger partial charge in [0.2, 0.25) is 0 Å². The Morgan fingerprint density at radius 1 is 1.42 bits per heavy atom. The lowest BCUT2D eigenvalue weighted by molar-refractivity contribution is 0.0788. The Hall–Kier alpha value is -0.870. The van der Waals surface area contributed by atoms with Crippen LogP contribution in [0.15, 0.2) is 6.20 Å². The molecular weight excluding hydrogens is 238 g/mol. The summed E-state index contributed by atoms with van der Waals surface area (Å²) in [6.07, 6.45) is 8.06. The van der Waals surface area contributed by atoms with Gasteiger partial charge in [0.05, 0.1) is 6.20 Å². The van der Waals surface area contributed by atoms with E-state index in [2.05, 4.69) is 24.3 Å². The molecule has 0 saturated heterocycles. The van der Waals surface area contributed by atoms with Crippen molar-refractivity contribution in [1.29, 1.82) is 0 Å². The number of aromatic nitrogens is 2. The third kappa shape index (κ3) is 3.18. The Morgan fingerprint density at radius 2 is 2.11 bits per heavy atom. The summed E-state index contributed by atoms with van der Waals surface area (Å²) < 4.78 is 1.91. The second kappa shape index (κ2) is 6.06. The van der Waals surface area contributed by atoms with E-state index >= 15 is 0 Å². The smallest absolute Gasteiger partial charge is 0.0540 e. The van der Waals surface area contributed by atoms with Gasteiger partial charge in [0.1, 0.15) is 0 Å². The Morgan fingerprint density at radius 3 is 2.63 bits per heavy atom. The summed E-state index contributed by atoms with van der Waals surface area (Å²) in [4.78, 5) is 0. The number of aliphatic hydroxyl groups excluding tert-OH is 1. The second-order valence-electron chi connectivity index (χ2n) is 6.13. The highest BCUT2D eigenvalue weighted by Gasteiger charge is 2.31. The Labute approximate surface area is 116 Å². The van der Waals surface area contributed by atoms with Crippen molar-refractivity contribution in [1.82, 2.24) is 15.1 Å². The van der Waals surface area contributed by atoms with Crippen LogP contribution in [0.1, 0.15) is 56.3 Å². The fourth-order valence-electron chi connectivity index (χ4n) is 3.11. The number of nitrogens with zero attached hydrogens (tertiary/aromatic N) is 2. The van der Waals surface area contributed by atoms with Crippen LogP contribution in [0, 0.1) is 12.3 Å². The predicted molar refractivity (Wildman–Crippen MR) is 77.0 cm³/mol. The first kappa shape index (κ1) is 14.5. The van der Waals surface area contributed by atoms with Crippen LogP contribution >= 0.6 is 0 Å². The number of hydrogen-bond acceptors (Lipinski definition) is 3. The molecule has 2 rings (SSSR count). The summed E-state index contributed by atoms with van der Waals surface area (Å²) >= 11 is 0. The van der Waals surface area contributed by atoms with Crippen molar-refractivity contribution in [2.45, 2.75) is 52.0 Å². The first-order chi connectivity index (χ1) is 9.08. The Bertz CT molecular complexity index is 408. The molecule has 1 unspecified atom stereocenters. The molecule has 0 radical (unpaired) electrons. The standard InChI is InChI=1S/C15H27N3O/c1-12(14-9-17-18(3)13(14)2)16-10-15(11-19)7-5-4-6-8-15/h9,12,16,19H,4-8,10-11H2,1-3H3. The van der Waals surface area contributed by atoms with Gasteiger partial charge in [0.25, 0.3) is 0 Å². The molecule has 0 amide bonds. The molecular formula is C15H27N3O. The maximum absolute atomic E-state index is 9.73. The Kier molecular flexibility index (Phi) is 4.63. The van der Waals surface area contributed by atoms with Crippen molar-refractivity contribution in [2.75, 3.05) is 13.2 Å². The van der Waals surface area contributed by atoms with Crippen molar-refractivity contribution in [3.8, 4) is 0 Å². The third-order valence-electron chi connectivity index (χ3n) is 4.77. The van der Waals surface area contributed by atoms with Crippen LogP contribution in [0.3, 0.4) is 0 Å². The average molecular weight is 265 g/mol. The molecule has 1 aromatic rings. The fraction of sp³-hybridized carbons (Fsp3) is 0.800. The first-order valence-electron chi connectivity index (χ1n) is 7.41. The van der Waals surface area contributed by atoms with Crippen LogP contribution in [0.5, 0.6) is 0 Å². The van der Waals surface area contributed by atoms with Gasteiger partial charge in [0.15, 0.2) is 0 Å². The van der Waals surface area contributed by atoms with Crippen LogP contribution in [0.25, 0.3) is 0 Å². The van der Waals surface area contributed by atoms with Crippen molar-refractivity contribution >= 4 is 0 Å². The van der Waals surface area contributed by atoms with Crippen molar-refractivity contribution in [2.24, 2.45) is 12.5 Å². The monoisotopic (exact) mass is 265 g/mol. The average Bonchev–Trinajstić information content (AvgIpc) is 2.77. The van der Waals surface area contributed by atoms with E-state index in [1.54, 1.807) is 0 Å². The van der Waals surface area contributed by atoms with Crippen LogP contribution in [0.2, 0.25) is 0 Å². The molecule has 0 aliphatic heterocycles. The highest BCUT2D eigenvalue weighted by atomic mass is 16.3. The van der Waals surface area contributed by atoms with Gasteiger partial charge in [-0.15, -0.1) is 0 Å². The largest absolute Gasteiger partial charge is 0.396 e. The molecule has 1 aliphatic rings. The van der Waals surface area contributed by atoms with E-state index in [1.165, 1.54) is 30.5 Å². The maximum atomic E-state index is 9.73. The van der Waals surface area contributed by atoms with Gasteiger partial charge in [0, 0.05) is 42.9 Å². The predicted octanol–water partition coefficient (Wildman–Crippen LogP) is 2.32. The van der Waals surface area contributed by atoms with E-state index in [0.717, 1.165) is 19.4 Å². The summed E-state index contributed by atoms with van der Waals surface area (Å²) in [6.45, 7) is 5.48. The van der Waals surface area contributed by atoms with Crippen molar-refractivity contribution in [3.05, 3.63) is 17.5 Å². The fourth-order valence-corrected chi connectivity index (χ4v) is 3.11. The number of hydrogen-bond donors (Lipinski definition) is 2. The van der Waals surface area contributed by atoms with Gasteiger partial charge in [-0.05, 0) is 26.7 Å². The zero-order chi connectivity index (χ0) is 13.9. The molecule has 4 heteroatoms. The van der Waals surface area contributed by atoms with Crippen molar-refractivity contribution < 1.29 is 5.11 Å². The zero-order valence-corrected chi connectivity index (χ0v) is 12.4. The van der Waals surface area contributed by atoms with Crippen LogP contribution in [-0.4, -0.2) is 28.0 Å². The van der Waals surface area contributed by atoms with Gasteiger partial charge in [-0.3, -0.25) is 4.68 Å². The van der Waals surface area contributed by atoms with E-state index in [4.69, 9.17) is 0 Å². The van der Waals surface area contributed by atoms with Gasteiger partial charge in [-0.25, -0.2) is 0 Å². The van der Waals surface area contributed by atoms with Crippen molar-refractivity contribution in [3.63, 3.8) is 0 Å². The number of nitrogens with one attached hydrogen (secondary N) is 1. The minimum Gasteiger partial charge on any atom is -0.396 e. The lowest BCUT2D eigenvalue weighted by atomic mass is 9.74. The van der Waals surface area contributed by atoms with Gasteiger partial charge < -0.3 is 10.4 Å².